The number of aromatic nitrogens is 1. The highest BCUT2D eigenvalue weighted by molar-refractivity contribution is 7.09. The normalized spacial score (nSPS) is 21.9. The first-order valence-corrected chi connectivity index (χ1v) is 13.5. The number of fused-ring (bicyclic) bond motifs is 1. The molecule has 1 N–H and O–H groups in total. The van der Waals surface area contributed by atoms with Crippen molar-refractivity contribution < 1.29 is 9.59 Å². The zero-order valence-corrected chi connectivity index (χ0v) is 21.4. The van der Waals surface area contributed by atoms with E-state index in [-0.39, 0.29) is 17.9 Å². The largest absolute Gasteiger partial charge is 0.325 e. The fraction of sp³-hybridized carbons (Fsp3) is 0.464. The van der Waals surface area contributed by atoms with Gasteiger partial charge in [-0.3, -0.25) is 19.6 Å². The van der Waals surface area contributed by atoms with E-state index in [2.05, 4.69) is 59.4 Å². The molecule has 0 spiro atoms. The summed E-state index contributed by atoms with van der Waals surface area (Å²) in [5.41, 5.74) is 1.51. The Kier molecular flexibility index (Phi) is 6.89. The second kappa shape index (κ2) is 10.1. The highest BCUT2D eigenvalue weighted by Gasteiger charge is 2.55. The van der Waals surface area contributed by atoms with Crippen molar-refractivity contribution in [2.45, 2.75) is 51.6 Å². The lowest BCUT2D eigenvalue weighted by Crippen LogP contribution is -2.56. The SMILES string of the molecule is CC(C)CC1(C2CCN(Cc3ccc4cccnc4c3)CC2)NC(=O)N(CCc2cccs2)C1=O. The lowest BCUT2D eigenvalue weighted by molar-refractivity contribution is -0.134. The molecule has 7 heteroatoms. The highest BCUT2D eigenvalue weighted by atomic mass is 32.1. The van der Waals surface area contributed by atoms with Gasteiger partial charge in [0.15, 0.2) is 0 Å². The van der Waals surface area contributed by atoms with Gasteiger partial charge in [0.05, 0.1) is 5.52 Å². The van der Waals surface area contributed by atoms with Crippen molar-refractivity contribution in [2.75, 3.05) is 19.6 Å². The van der Waals surface area contributed by atoms with Crippen LogP contribution < -0.4 is 5.32 Å². The summed E-state index contributed by atoms with van der Waals surface area (Å²) in [4.78, 5) is 36.3. The van der Waals surface area contributed by atoms with Gasteiger partial charge in [0.25, 0.3) is 5.91 Å². The number of carbonyl (C=O) groups excluding carboxylic acids is 2. The second-order valence-corrected chi connectivity index (χ2v) is 11.4. The van der Waals surface area contributed by atoms with Crippen molar-refractivity contribution in [3.63, 3.8) is 0 Å². The minimum atomic E-state index is -0.778. The molecule has 0 radical (unpaired) electrons. The third kappa shape index (κ3) is 4.98. The zero-order chi connectivity index (χ0) is 24.4. The number of piperidine rings is 1. The van der Waals surface area contributed by atoms with E-state index in [1.807, 2.05) is 23.7 Å². The number of urea groups is 1. The molecule has 184 valence electrons. The van der Waals surface area contributed by atoms with Crippen molar-refractivity contribution in [2.24, 2.45) is 11.8 Å². The molecule has 0 bridgehead atoms. The van der Waals surface area contributed by atoms with Crippen LogP contribution in [0.15, 0.2) is 54.0 Å². The molecular formula is C28H34N4O2S. The summed E-state index contributed by atoms with van der Waals surface area (Å²) in [5, 5.41) is 6.39. The van der Waals surface area contributed by atoms with Crippen molar-refractivity contribution in [3.05, 3.63) is 64.5 Å². The molecule has 2 aliphatic rings. The number of thiophene rings is 1. The number of hydrogen-bond donors (Lipinski definition) is 1. The maximum Gasteiger partial charge on any atom is 0.325 e. The number of nitrogens with one attached hydrogen (secondary N) is 1. The number of imide groups is 1. The van der Waals surface area contributed by atoms with Crippen LogP contribution in [0, 0.1) is 11.8 Å². The molecule has 5 rings (SSSR count). The Morgan fingerprint density at radius 1 is 1.14 bits per heavy atom. The lowest BCUT2D eigenvalue weighted by Gasteiger charge is -2.41. The number of rotatable bonds is 8. The molecule has 3 amide bonds. The Bertz CT molecular complexity index is 1190. The highest BCUT2D eigenvalue weighted by Crippen LogP contribution is 2.38. The first-order valence-electron chi connectivity index (χ1n) is 12.7. The summed E-state index contributed by atoms with van der Waals surface area (Å²) in [7, 11) is 0. The van der Waals surface area contributed by atoms with Crippen molar-refractivity contribution in [3.8, 4) is 0 Å². The van der Waals surface area contributed by atoms with Gasteiger partial charge in [-0.25, -0.2) is 4.79 Å². The molecule has 1 atom stereocenters. The van der Waals surface area contributed by atoms with Gasteiger partial charge in [0, 0.05) is 29.5 Å². The van der Waals surface area contributed by atoms with E-state index in [1.54, 1.807) is 11.3 Å². The first-order chi connectivity index (χ1) is 16.9. The molecule has 35 heavy (non-hydrogen) atoms. The summed E-state index contributed by atoms with van der Waals surface area (Å²) in [5.74, 6) is 0.453. The second-order valence-electron chi connectivity index (χ2n) is 10.4. The lowest BCUT2D eigenvalue weighted by atomic mass is 9.73. The monoisotopic (exact) mass is 490 g/mol. The molecule has 2 aliphatic heterocycles. The van der Waals surface area contributed by atoms with Crippen molar-refractivity contribution >= 4 is 34.2 Å². The Balaban J connectivity index is 1.26. The Labute approximate surface area is 211 Å². The van der Waals surface area contributed by atoms with Crippen LogP contribution in [0.1, 0.15) is 43.6 Å². The van der Waals surface area contributed by atoms with E-state index in [0.717, 1.165) is 43.4 Å². The topological polar surface area (TPSA) is 65.5 Å². The van der Waals surface area contributed by atoms with E-state index >= 15 is 0 Å². The number of benzene rings is 1. The predicted octanol–water partition coefficient (Wildman–Crippen LogP) is 5.09. The minimum Gasteiger partial charge on any atom is -0.323 e. The van der Waals surface area contributed by atoms with Crippen LogP contribution in [0.3, 0.4) is 0 Å². The first kappa shape index (κ1) is 23.9. The van der Waals surface area contributed by atoms with Crippen LogP contribution in [0.5, 0.6) is 0 Å². The number of carbonyl (C=O) groups is 2. The quantitative estimate of drug-likeness (QED) is 0.447. The van der Waals surface area contributed by atoms with Gasteiger partial charge in [-0.2, -0.15) is 0 Å². The molecule has 1 aromatic carbocycles. The summed E-state index contributed by atoms with van der Waals surface area (Å²) in [6.45, 7) is 7.44. The van der Waals surface area contributed by atoms with Gasteiger partial charge in [-0.05, 0) is 79.8 Å². The maximum absolute atomic E-state index is 13.8. The fourth-order valence-electron chi connectivity index (χ4n) is 5.80. The molecule has 4 heterocycles. The van der Waals surface area contributed by atoms with E-state index in [4.69, 9.17) is 0 Å². The van der Waals surface area contributed by atoms with Crippen LogP contribution in [0.25, 0.3) is 10.9 Å². The molecule has 2 aromatic heterocycles. The maximum atomic E-state index is 13.8. The zero-order valence-electron chi connectivity index (χ0n) is 20.6. The van der Waals surface area contributed by atoms with E-state index < -0.39 is 5.54 Å². The summed E-state index contributed by atoms with van der Waals surface area (Å²) < 4.78 is 0. The van der Waals surface area contributed by atoms with Crippen molar-refractivity contribution in [1.29, 1.82) is 0 Å². The van der Waals surface area contributed by atoms with Gasteiger partial charge in [-0.15, -0.1) is 11.3 Å². The minimum absolute atomic E-state index is 0.0215. The van der Waals surface area contributed by atoms with Gasteiger partial charge < -0.3 is 5.32 Å². The molecule has 2 fully saturated rings. The van der Waals surface area contributed by atoms with Gasteiger partial charge in [0.2, 0.25) is 0 Å². The summed E-state index contributed by atoms with van der Waals surface area (Å²) in [6, 6.07) is 14.4. The third-order valence-corrected chi connectivity index (χ3v) is 8.39. The Hall–Kier alpha value is -2.77. The number of nitrogens with zero attached hydrogens (tertiary/aromatic N) is 3. The number of likely N-dealkylation sites (tertiary alicyclic amines) is 1. The predicted molar refractivity (Wildman–Crippen MR) is 140 cm³/mol. The van der Waals surface area contributed by atoms with Crippen LogP contribution in [-0.2, 0) is 17.8 Å². The van der Waals surface area contributed by atoms with Gasteiger partial charge >= 0.3 is 6.03 Å². The fourth-order valence-corrected chi connectivity index (χ4v) is 6.50. The van der Waals surface area contributed by atoms with Crippen LogP contribution >= 0.6 is 11.3 Å². The van der Waals surface area contributed by atoms with Crippen LogP contribution in [-0.4, -0.2) is 51.9 Å². The Morgan fingerprint density at radius 3 is 2.71 bits per heavy atom. The summed E-state index contributed by atoms with van der Waals surface area (Å²) in [6.07, 6.45) is 5.05. The van der Waals surface area contributed by atoms with Crippen LogP contribution in [0.4, 0.5) is 4.79 Å². The van der Waals surface area contributed by atoms with Crippen molar-refractivity contribution in [1.82, 2.24) is 20.1 Å². The third-order valence-electron chi connectivity index (χ3n) is 7.46. The van der Waals surface area contributed by atoms with E-state index in [0.29, 0.717) is 25.3 Å². The number of pyridine rings is 1. The number of hydrogen-bond acceptors (Lipinski definition) is 5. The smallest absolute Gasteiger partial charge is 0.323 e. The van der Waals surface area contributed by atoms with Gasteiger partial charge in [0.1, 0.15) is 5.54 Å². The molecule has 3 aromatic rings. The average Bonchev–Trinajstić information content (AvgIpc) is 3.45. The van der Waals surface area contributed by atoms with Gasteiger partial charge in [-0.1, -0.05) is 38.1 Å². The molecule has 1 unspecified atom stereocenters. The molecule has 0 aliphatic carbocycles. The van der Waals surface area contributed by atoms with Crippen LogP contribution in [0.2, 0.25) is 0 Å². The molecule has 2 saturated heterocycles. The van der Waals surface area contributed by atoms with E-state index in [9.17, 15) is 9.59 Å². The molecular weight excluding hydrogens is 456 g/mol. The average molecular weight is 491 g/mol. The molecule has 6 nitrogen and oxygen atoms in total. The standard InChI is InChI=1S/C28H34N4O2S/c1-20(2)18-28(26(33)32(27(34)30-28)15-11-24-6-4-16-35-24)23-9-13-31(14-10-23)19-21-7-8-22-5-3-12-29-25(22)17-21/h3-8,12,16-17,20,23H,9-11,13-15,18-19H2,1-2H3,(H,30,34). The molecule has 0 saturated carbocycles. The Morgan fingerprint density at radius 2 is 1.97 bits per heavy atom. The number of amides is 3. The van der Waals surface area contributed by atoms with E-state index in [1.165, 1.54) is 15.3 Å². The summed E-state index contributed by atoms with van der Waals surface area (Å²) >= 11 is 1.67.